The average molecular weight is 259 g/mol. The zero-order valence-corrected chi connectivity index (χ0v) is 10.9. The molecule has 0 spiro atoms. The molecule has 0 aliphatic heterocycles. The molecule has 1 rings (SSSR count). The number of hydrogen-bond donors (Lipinski definition) is 0. The van der Waals surface area contributed by atoms with E-state index in [4.69, 9.17) is 5.26 Å². The van der Waals surface area contributed by atoms with Crippen LogP contribution in [-0.2, 0) is 9.53 Å². The Morgan fingerprint density at radius 2 is 2.26 bits per heavy atom. The van der Waals surface area contributed by atoms with Crippen LogP contribution in [0, 0.1) is 11.3 Å². The number of aromatic nitrogens is 2. The number of rotatable bonds is 4. The van der Waals surface area contributed by atoms with Crippen LogP contribution in [0.4, 0.5) is 0 Å². The molecule has 7 nitrogen and oxygen atoms in total. The fourth-order valence-corrected chi connectivity index (χ4v) is 1.15. The van der Waals surface area contributed by atoms with Gasteiger partial charge in [-0.05, 0) is 0 Å². The Balaban J connectivity index is 3.38. The van der Waals surface area contributed by atoms with Gasteiger partial charge in [-0.3, -0.25) is 9.97 Å². The molecule has 0 bridgehead atoms. The summed E-state index contributed by atoms with van der Waals surface area (Å²) in [6.45, 7) is 0. The highest BCUT2D eigenvalue weighted by atomic mass is 16.5. The van der Waals surface area contributed by atoms with Gasteiger partial charge in [0.05, 0.1) is 19.6 Å². The SMILES string of the molecule is COC(=O)/C(C#N)=C(/N=CN(C)C)c1cnccn1. The first-order valence-electron chi connectivity index (χ1n) is 5.29. The Morgan fingerprint density at radius 3 is 2.74 bits per heavy atom. The van der Waals surface area contributed by atoms with Gasteiger partial charge in [-0.15, -0.1) is 0 Å². The summed E-state index contributed by atoms with van der Waals surface area (Å²) >= 11 is 0. The number of nitriles is 1. The van der Waals surface area contributed by atoms with Crippen LogP contribution in [0.1, 0.15) is 5.69 Å². The van der Waals surface area contributed by atoms with Crippen LogP contribution in [0.5, 0.6) is 0 Å². The van der Waals surface area contributed by atoms with Crippen molar-refractivity contribution in [3.8, 4) is 6.07 Å². The molecule has 19 heavy (non-hydrogen) atoms. The molecule has 0 aliphatic carbocycles. The third-order valence-electron chi connectivity index (χ3n) is 1.96. The van der Waals surface area contributed by atoms with E-state index in [9.17, 15) is 4.79 Å². The maximum Gasteiger partial charge on any atom is 0.350 e. The zero-order valence-electron chi connectivity index (χ0n) is 10.9. The normalized spacial score (nSPS) is 11.7. The second-order valence-corrected chi connectivity index (χ2v) is 3.63. The summed E-state index contributed by atoms with van der Waals surface area (Å²) in [6, 6.07) is 1.78. The summed E-state index contributed by atoms with van der Waals surface area (Å²) in [4.78, 5) is 25.2. The number of hydrogen-bond acceptors (Lipinski definition) is 6. The minimum atomic E-state index is -0.765. The van der Waals surface area contributed by atoms with Crippen molar-refractivity contribution in [2.24, 2.45) is 4.99 Å². The van der Waals surface area contributed by atoms with Crippen molar-refractivity contribution in [1.29, 1.82) is 5.26 Å². The van der Waals surface area contributed by atoms with E-state index in [1.54, 1.807) is 25.1 Å². The molecule has 0 atom stereocenters. The lowest BCUT2D eigenvalue weighted by atomic mass is 10.2. The van der Waals surface area contributed by atoms with Crippen LogP contribution in [0.15, 0.2) is 29.2 Å². The highest BCUT2D eigenvalue weighted by Crippen LogP contribution is 2.18. The predicted octanol–water partition coefficient (Wildman–Crippen LogP) is 0.474. The second-order valence-electron chi connectivity index (χ2n) is 3.63. The van der Waals surface area contributed by atoms with E-state index in [0.717, 1.165) is 0 Å². The molecule has 0 N–H and O–H groups in total. The van der Waals surface area contributed by atoms with Crippen molar-refractivity contribution in [1.82, 2.24) is 14.9 Å². The van der Waals surface area contributed by atoms with Gasteiger partial charge in [0, 0.05) is 26.5 Å². The number of methoxy groups -OCH3 is 1. The van der Waals surface area contributed by atoms with Gasteiger partial charge in [0.2, 0.25) is 0 Å². The van der Waals surface area contributed by atoms with Crippen LogP contribution in [0.2, 0.25) is 0 Å². The molecule has 0 fully saturated rings. The van der Waals surface area contributed by atoms with E-state index in [-0.39, 0.29) is 11.3 Å². The summed E-state index contributed by atoms with van der Waals surface area (Å²) in [5, 5.41) is 9.08. The number of nitrogens with zero attached hydrogens (tertiary/aromatic N) is 5. The molecule has 0 saturated carbocycles. The summed E-state index contributed by atoms with van der Waals surface area (Å²) in [5.74, 6) is -0.765. The summed E-state index contributed by atoms with van der Waals surface area (Å²) in [5.41, 5.74) is 0.222. The van der Waals surface area contributed by atoms with E-state index in [2.05, 4.69) is 19.7 Å². The lowest BCUT2D eigenvalue weighted by Gasteiger charge is -2.06. The molecular weight excluding hydrogens is 246 g/mol. The number of carbonyl (C=O) groups is 1. The van der Waals surface area contributed by atoms with Crippen molar-refractivity contribution >= 4 is 18.0 Å². The van der Waals surface area contributed by atoms with Crippen molar-refractivity contribution in [3.63, 3.8) is 0 Å². The molecular formula is C12H13N5O2. The minimum Gasteiger partial charge on any atom is -0.465 e. The molecule has 7 heteroatoms. The van der Waals surface area contributed by atoms with Gasteiger partial charge in [-0.1, -0.05) is 0 Å². The maximum atomic E-state index is 11.6. The molecule has 1 heterocycles. The molecule has 0 saturated heterocycles. The van der Waals surface area contributed by atoms with Crippen molar-refractivity contribution in [3.05, 3.63) is 29.9 Å². The summed E-state index contributed by atoms with van der Waals surface area (Å²) in [6.07, 6.45) is 5.82. The summed E-state index contributed by atoms with van der Waals surface area (Å²) < 4.78 is 4.56. The molecule has 0 aromatic carbocycles. The van der Waals surface area contributed by atoms with Gasteiger partial charge < -0.3 is 9.64 Å². The number of carbonyl (C=O) groups excluding carboxylic acids is 1. The predicted molar refractivity (Wildman–Crippen MR) is 68.8 cm³/mol. The third-order valence-corrected chi connectivity index (χ3v) is 1.96. The van der Waals surface area contributed by atoms with Gasteiger partial charge in [0.1, 0.15) is 17.5 Å². The van der Waals surface area contributed by atoms with Gasteiger partial charge >= 0.3 is 5.97 Å². The Hall–Kier alpha value is -2.75. The smallest absolute Gasteiger partial charge is 0.350 e. The quantitative estimate of drug-likeness (QED) is 0.257. The number of aliphatic imine (C=N–C) groups is 1. The third kappa shape index (κ3) is 3.89. The topological polar surface area (TPSA) is 91.5 Å². The van der Waals surface area contributed by atoms with E-state index in [0.29, 0.717) is 5.69 Å². The fourth-order valence-electron chi connectivity index (χ4n) is 1.15. The average Bonchev–Trinajstić information content (AvgIpc) is 2.43. The minimum absolute atomic E-state index is 0.121. The zero-order chi connectivity index (χ0) is 14.3. The van der Waals surface area contributed by atoms with E-state index >= 15 is 0 Å². The van der Waals surface area contributed by atoms with Gasteiger partial charge in [0.15, 0.2) is 5.57 Å². The molecule has 98 valence electrons. The van der Waals surface area contributed by atoms with Crippen LogP contribution in [0.25, 0.3) is 5.70 Å². The molecule has 0 amide bonds. The molecule has 0 aliphatic rings. The van der Waals surface area contributed by atoms with Crippen LogP contribution >= 0.6 is 0 Å². The van der Waals surface area contributed by atoms with Crippen molar-refractivity contribution in [2.45, 2.75) is 0 Å². The van der Waals surface area contributed by atoms with E-state index in [1.165, 1.54) is 32.0 Å². The highest BCUT2D eigenvalue weighted by Gasteiger charge is 2.18. The number of esters is 1. The van der Waals surface area contributed by atoms with Gasteiger partial charge in [-0.2, -0.15) is 5.26 Å². The Morgan fingerprint density at radius 1 is 1.53 bits per heavy atom. The van der Waals surface area contributed by atoms with Crippen molar-refractivity contribution in [2.75, 3.05) is 21.2 Å². The number of ether oxygens (including phenoxy) is 1. The highest BCUT2D eigenvalue weighted by molar-refractivity contribution is 6.01. The van der Waals surface area contributed by atoms with Gasteiger partial charge in [0.25, 0.3) is 0 Å². The first kappa shape index (κ1) is 14.3. The summed E-state index contributed by atoms with van der Waals surface area (Å²) in [7, 11) is 4.73. The van der Waals surface area contributed by atoms with Crippen LogP contribution in [0.3, 0.4) is 0 Å². The Kier molecular flexibility index (Phi) is 5.17. The van der Waals surface area contributed by atoms with E-state index < -0.39 is 5.97 Å². The second kappa shape index (κ2) is 6.86. The lowest BCUT2D eigenvalue weighted by Crippen LogP contribution is -2.10. The molecule has 0 unspecified atom stereocenters. The Labute approximate surface area is 110 Å². The standard InChI is InChI=1S/C12H13N5O2/c1-17(2)8-16-11(9(6-13)12(18)19-3)10-7-14-4-5-15-10/h4-5,7-8H,1-3H3/b11-9+,16-8?. The first-order chi connectivity index (χ1) is 9.10. The largest absolute Gasteiger partial charge is 0.465 e. The molecule has 1 aromatic rings. The molecule has 0 radical (unpaired) electrons. The first-order valence-corrected chi connectivity index (χ1v) is 5.29. The Bertz CT molecular complexity index is 543. The maximum absolute atomic E-state index is 11.6. The fraction of sp³-hybridized carbons (Fsp3) is 0.250. The lowest BCUT2D eigenvalue weighted by molar-refractivity contribution is -0.135. The monoisotopic (exact) mass is 259 g/mol. The van der Waals surface area contributed by atoms with E-state index in [1.807, 2.05) is 0 Å². The van der Waals surface area contributed by atoms with Crippen molar-refractivity contribution < 1.29 is 9.53 Å². The van der Waals surface area contributed by atoms with Crippen LogP contribution < -0.4 is 0 Å². The van der Waals surface area contributed by atoms with Crippen LogP contribution in [-0.4, -0.2) is 48.4 Å². The van der Waals surface area contributed by atoms with Gasteiger partial charge in [-0.25, -0.2) is 9.79 Å². The molecule has 1 aromatic heterocycles.